The highest BCUT2D eigenvalue weighted by Crippen LogP contribution is 2.33. The molecule has 0 aliphatic rings. The van der Waals surface area contributed by atoms with Crippen LogP contribution in [0.5, 0.6) is 0 Å². The Labute approximate surface area is 152 Å². The summed E-state index contributed by atoms with van der Waals surface area (Å²) in [6, 6.07) is 11.1. The molecule has 0 radical (unpaired) electrons. The third-order valence-electron chi connectivity index (χ3n) is 3.95. The summed E-state index contributed by atoms with van der Waals surface area (Å²) in [6.45, 7) is 7.93. The van der Waals surface area contributed by atoms with Gasteiger partial charge in [-0.3, -0.25) is 9.82 Å². The standard InChI is InChI=1S/C18H21N3O2S2/c1-11(2)14-5-7-15(8-6-14)21-25(22,23)18-10-17(24-13(18)4)16-9-12(3)19-20-16/h5-11,21H,1-4H3,(H,19,20). The van der Waals surface area contributed by atoms with Gasteiger partial charge in [0.2, 0.25) is 0 Å². The summed E-state index contributed by atoms with van der Waals surface area (Å²) in [5.74, 6) is 0.407. The first kappa shape index (κ1) is 17.7. The Morgan fingerprint density at radius 2 is 1.80 bits per heavy atom. The van der Waals surface area contributed by atoms with Crippen LogP contribution in [0.3, 0.4) is 0 Å². The van der Waals surface area contributed by atoms with E-state index in [-0.39, 0.29) is 0 Å². The Morgan fingerprint density at radius 1 is 1.12 bits per heavy atom. The molecule has 0 saturated heterocycles. The molecule has 0 unspecified atom stereocenters. The maximum Gasteiger partial charge on any atom is 0.263 e. The molecule has 5 nitrogen and oxygen atoms in total. The molecule has 1 aromatic carbocycles. The number of nitrogens with zero attached hydrogens (tertiary/aromatic N) is 1. The van der Waals surface area contributed by atoms with E-state index < -0.39 is 10.0 Å². The second kappa shape index (κ2) is 6.65. The van der Waals surface area contributed by atoms with E-state index in [1.165, 1.54) is 16.9 Å². The van der Waals surface area contributed by atoms with Crippen molar-refractivity contribution in [3.8, 4) is 10.6 Å². The smallest absolute Gasteiger partial charge is 0.263 e. The number of benzene rings is 1. The quantitative estimate of drug-likeness (QED) is 0.680. The van der Waals surface area contributed by atoms with Gasteiger partial charge in [-0.25, -0.2) is 8.42 Å². The minimum Gasteiger partial charge on any atom is -0.282 e. The molecule has 0 fully saturated rings. The number of aryl methyl sites for hydroxylation is 2. The number of thiophene rings is 1. The predicted molar refractivity (Wildman–Crippen MR) is 103 cm³/mol. The highest BCUT2D eigenvalue weighted by molar-refractivity contribution is 7.93. The van der Waals surface area contributed by atoms with Crippen molar-refractivity contribution >= 4 is 27.0 Å². The summed E-state index contributed by atoms with van der Waals surface area (Å²) in [7, 11) is -3.64. The van der Waals surface area contributed by atoms with Crippen LogP contribution >= 0.6 is 11.3 Å². The molecule has 25 heavy (non-hydrogen) atoms. The van der Waals surface area contributed by atoms with Crippen LogP contribution in [0.2, 0.25) is 0 Å². The second-order valence-electron chi connectivity index (χ2n) is 6.35. The highest BCUT2D eigenvalue weighted by atomic mass is 32.2. The Bertz CT molecular complexity index is 984. The van der Waals surface area contributed by atoms with Crippen LogP contribution < -0.4 is 4.72 Å². The number of hydrogen-bond acceptors (Lipinski definition) is 4. The molecule has 7 heteroatoms. The molecule has 0 bridgehead atoms. The van der Waals surface area contributed by atoms with Gasteiger partial charge in [0.15, 0.2) is 0 Å². The topological polar surface area (TPSA) is 74.8 Å². The van der Waals surface area contributed by atoms with Gasteiger partial charge in [0.05, 0.1) is 4.88 Å². The van der Waals surface area contributed by atoms with Crippen molar-refractivity contribution in [2.75, 3.05) is 4.72 Å². The van der Waals surface area contributed by atoms with Crippen molar-refractivity contribution in [3.05, 3.63) is 52.5 Å². The fourth-order valence-corrected chi connectivity index (χ4v) is 5.16. The molecule has 0 amide bonds. The maximum absolute atomic E-state index is 12.8. The van der Waals surface area contributed by atoms with Crippen LogP contribution in [0, 0.1) is 13.8 Å². The number of nitrogens with one attached hydrogen (secondary N) is 2. The fraction of sp³-hybridized carbons (Fsp3) is 0.278. The van der Waals surface area contributed by atoms with Crippen LogP contribution in [0.1, 0.15) is 35.9 Å². The first-order valence-electron chi connectivity index (χ1n) is 8.02. The van der Waals surface area contributed by atoms with Crippen LogP contribution in [0.4, 0.5) is 5.69 Å². The molecule has 132 valence electrons. The fourth-order valence-electron chi connectivity index (χ4n) is 2.55. The monoisotopic (exact) mass is 375 g/mol. The summed E-state index contributed by atoms with van der Waals surface area (Å²) in [5, 5.41) is 7.08. The minimum atomic E-state index is -3.64. The SMILES string of the molecule is Cc1cc(-c2cc(S(=O)(=O)Nc3ccc(C(C)C)cc3)c(C)s2)n[nH]1. The maximum atomic E-state index is 12.8. The molecule has 0 spiro atoms. The number of aromatic nitrogens is 2. The number of H-pyrrole nitrogens is 1. The Kier molecular flexibility index (Phi) is 4.71. The molecule has 0 aliphatic heterocycles. The zero-order valence-corrected chi connectivity index (χ0v) is 16.3. The predicted octanol–water partition coefficient (Wildman–Crippen LogP) is 4.68. The van der Waals surface area contributed by atoms with Gasteiger partial charge in [-0.1, -0.05) is 26.0 Å². The van der Waals surface area contributed by atoms with E-state index in [0.717, 1.165) is 21.1 Å². The number of anilines is 1. The van der Waals surface area contributed by atoms with Crippen molar-refractivity contribution in [2.45, 2.75) is 38.5 Å². The van der Waals surface area contributed by atoms with E-state index >= 15 is 0 Å². The van der Waals surface area contributed by atoms with E-state index in [2.05, 4.69) is 28.8 Å². The summed E-state index contributed by atoms with van der Waals surface area (Å²) in [5.41, 5.74) is 3.43. The van der Waals surface area contributed by atoms with E-state index in [4.69, 9.17) is 0 Å². The summed E-state index contributed by atoms with van der Waals surface area (Å²) >= 11 is 1.42. The third-order valence-corrected chi connectivity index (χ3v) is 6.66. The Morgan fingerprint density at radius 3 is 2.36 bits per heavy atom. The van der Waals surface area contributed by atoms with Gasteiger partial charge in [0, 0.05) is 16.3 Å². The second-order valence-corrected chi connectivity index (χ2v) is 9.26. The number of sulfonamides is 1. The molecular weight excluding hydrogens is 354 g/mol. The lowest BCUT2D eigenvalue weighted by molar-refractivity contribution is 0.601. The van der Waals surface area contributed by atoms with Crippen molar-refractivity contribution in [3.63, 3.8) is 0 Å². The number of rotatable bonds is 5. The average molecular weight is 376 g/mol. The minimum absolute atomic E-state index is 0.293. The van der Waals surface area contributed by atoms with Gasteiger partial charge in [-0.15, -0.1) is 11.3 Å². The lowest BCUT2D eigenvalue weighted by atomic mass is 10.0. The van der Waals surface area contributed by atoms with E-state index in [1.54, 1.807) is 18.2 Å². The highest BCUT2D eigenvalue weighted by Gasteiger charge is 2.21. The molecule has 2 N–H and O–H groups in total. The van der Waals surface area contributed by atoms with Crippen LogP contribution in [-0.4, -0.2) is 18.6 Å². The molecule has 0 atom stereocenters. The van der Waals surface area contributed by atoms with Crippen molar-refractivity contribution in [2.24, 2.45) is 0 Å². The number of aromatic amines is 1. The Balaban J connectivity index is 1.88. The van der Waals surface area contributed by atoms with Gasteiger partial charge in [-0.05, 0) is 49.6 Å². The van der Waals surface area contributed by atoms with Crippen LogP contribution in [0.15, 0.2) is 41.3 Å². The average Bonchev–Trinajstić information content (AvgIpc) is 3.13. The normalized spacial score (nSPS) is 11.9. The lowest BCUT2D eigenvalue weighted by Crippen LogP contribution is -2.13. The van der Waals surface area contributed by atoms with Gasteiger partial charge in [-0.2, -0.15) is 5.10 Å². The molecule has 2 heterocycles. The van der Waals surface area contributed by atoms with Crippen molar-refractivity contribution in [1.82, 2.24) is 10.2 Å². The van der Waals surface area contributed by atoms with Crippen LogP contribution in [-0.2, 0) is 10.0 Å². The van der Waals surface area contributed by atoms with Gasteiger partial charge in [0.25, 0.3) is 10.0 Å². The molecule has 2 aromatic heterocycles. The Hall–Kier alpha value is -2.12. The molecule has 3 aromatic rings. The van der Waals surface area contributed by atoms with E-state index in [0.29, 0.717) is 16.5 Å². The van der Waals surface area contributed by atoms with Gasteiger partial charge < -0.3 is 0 Å². The van der Waals surface area contributed by atoms with E-state index in [1.807, 2.05) is 32.0 Å². The summed E-state index contributed by atoms with van der Waals surface area (Å²) < 4.78 is 28.2. The summed E-state index contributed by atoms with van der Waals surface area (Å²) in [4.78, 5) is 1.86. The zero-order valence-electron chi connectivity index (χ0n) is 14.6. The third kappa shape index (κ3) is 3.77. The lowest BCUT2D eigenvalue weighted by Gasteiger charge is -2.10. The van der Waals surface area contributed by atoms with Gasteiger partial charge in [0.1, 0.15) is 10.6 Å². The van der Waals surface area contributed by atoms with E-state index in [9.17, 15) is 8.42 Å². The van der Waals surface area contributed by atoms with Crippen molar-refractivity contribution in [1.29, 1.82) is 0 Å². The molecule has 0 saturated carbocycles. The number of hydrogen-bond donors (Lipinski definition) is 2. The molecule has 0 aliphatic carbocycles. The van der Waals surface area contributed by atoms with Gasteiger partial charge >= 0.3 is 0 Å². The molecular formula is C18H21N3O2S2. The first-order valence-corrected chi connectivity index (χ1v) is 10.3. The zero-order chi connectivity index (χ0) is 18.2. The largest absolute Gasteiger partial charge is 0.282 e. The molecule has 3 rings (SSSR count). The summed E-state index contributed by atoms with van der Waals surface area (Å²) in [6.07, 6.45) is 0. The van der Waals surface area contributed by atoms with Crippen LogP contribution in [0.25, 0.3) is 10.6 Å². The first-order chi connectivity index (χ1) is 11.8. The van der Waals surface area contributed by atoms with Crippen molar-refractivity contribution < 1.29 is 8.42 Å².